The van der Waals surface area contributed by atoms with Crippen molar-refractivity contribution in [3.05, 3.63) is 10.6 Å². The standard InChI is InChI=1S/C17H31N3S/c1-7-12(2)15-14(11-18-17(3,4)5)21-16(19-15)20(6)13-9-8-10-13/h12-13,18H,7-11H2,1-6H3. The first-order valence-corrected chi connectivity index (χ1v) is 9.11. The van der Waals surface area contributed by atoms with E-state index in [1.165, 1.54) is 35.0 Å². The fourth-order valence-electron chi connectivity index (χ4n) is 2.48. The summed E-state index contributed by atoms with van der Waals surface area (Å²) in [5, 5.41) is 4.83. The fourth-order valence-corrected chi connectivity index (χ4v) is 3.64. The quantitative estimate of drug-likeness (QED) is 0.836. The smallest absolute Gasteiger partial charge is 0.185 e. The lowest BCUT2D eigenvalue weighted by Crippen LogP contribution is -2.37. The minimum absolute atomic E-state index is 0.150. The molecule has 3 nitrogen and oxygen atoms in total. The highest BCUT2D eigenvalue weighted by Crippen LogP contribution is 2.35. The first kappa shape index (κ1) is 16.8. The minimum Gasteiger partial charge on any atom is -0.348 e. The van der Waals surface area contributed by atoms with Crippen molar-refractivity contribution in [2.45, 2.75) is 84.3 Å². The molecule has 120 valence electrons. The fraction of sp³-hybridized carbons (Fsp3) is 0.824. The molecule has 0 aromatic carbocycles. The second kappa shape index (κ2) is 6.66. The van der Waals surface area contributed by atoms with Crippen LogP contribution in [0.2, 0.25) is 0 Å². The topological polar surface area (TPSA) is 28.2 Å². The summed E-state index contributed by atoms with van der Waals surface area (Å²) in [6.45, 7) is 12.1. The average Bonchev–Trinajstić information content (AvgIpc) is 2.76. The molecule has 0 radical (unpaired) electrons. The molecule has 1 aromatic heterocycles. The van der Waals surface area contributed by atoms with E-state index in [1.54, 1.807) is 0 Å². The predicted molar refractivity (Wildman–Crippen MR) is 93.5 cm³/mol. The first-order valence-electron chi connectivity index (χ1n) is 8.29. The van der Waals surface area contributed by atoms with Crippen LogP contribution in [-0.2, 0) is 6.54 Å². The Balaban J connectivity index is 2.17. The molecule has 0 aliphatic heterocycles. The van der Waals surface area contributed by atoms with Gasteiger partial charge in [0, 0.05) is 30.1 Å². The molecule has 1 N–H and O–H groups in total. The maximum absolute atomic E-state index is 4.99. The average molecular weight is 310 g/mol. The van der Waals surface area contributed by atoms with Crippen LogP contribution < -0.4 is 10.2 Å². The van der Waals surface area contributed by atoms with E-state index in [1.807, 2.05) is 11.3 Å². The van der Waals surface area contributed by atoms with E-state index in [0.29, 0.717) is 12.0 Å². The molecule has 0 spiro atoms. The lowest BCUT2D eigenvalue weighted by atomic mass is 9.92. The highest BCUT2D eigenvalue weighted by Gasteiger charge is 2.26. The highest BCUT2D eigenvalue weighted by molar-refractivity contribution is 7.15. The lowest BCUT2D eigenvalue weighted by molar-refractivity contribution is 0.400. The molecule has 0 bridgehead atoms. The number of hydrogen-bond donors (Lipinski definition) is 1. The monoisotopic (exact) mass is 309 g/mol. The number of thiazole rings is 1. The Bertz CT molecular complexity index is 457. The Morgan fingerprint density at radius 3 is 2.52 bits per heavy atom. The van der Waals surface area contributed by atoms with Crippen LogP contribution in [0.15, 0.2) is 0 Å². The van der Waals surface area contributed by atoms with Crippen molar-refractivity contribution in [3.63, 3.8) is 0 Å². The first-order chi connectivity index (χ1) is 9.81. The maximum atomic E-state index is 4.99. The van der Waals surface area contributed by atoms with Gasteiger partial charge in [-0.1, -0.05) is 13.8 Å². The maximum Gasteiger partial charge on any atom is 0.185 e. The second-order valence-electron chi connectivity index (χ2n) is 7.41. The van der Waals surface area contributed by atoms with E-state index in [0.717, 1.165) is 13.0 Å². The highest BCUT2D eigenvalue weighted by atomic mass is 32.1. The van der Waals surface area contributed by atoms with Crippen LogP contribution in [0.4, 0.5) is 5.13 Å². The van der Waals surface area contributed by atoms with Crippen molar-refractivity contribution in [2.24, 2.45) is 0 Å². The van der Waals surface area contributed by atoms with Crippen molar-refractivity contribution >= 4 is 16.5 Å². The molecule has 0 saturated heterocycles. The summed E-state index contributed by atoms with van der Waals surface area (Å²) >= 11 is 1.88. The molecule has 1 fully saturated rings. The van der Waals surface area contributed by atoms with Gasteiger partial charge in [0.1, 0.15) is 0 Å². The molecule has 4 heteroatoms. The predicted octanol–water partition coefficient (Wildman–Crippen LogP) is 4.53. The Labute approximate surface area is 134 Å². The molecular formula is C17H31N3S. The van der Waals surface area contributed by atoms with E-state index < -0.39 is 0 Å². The number of aromatic nitrogens is 1. The van der Waals surface area contributed by atoms with E-state index in [-0.39, 0.29) is 5.54 Å². The molecule has 1 saturated carbocycles. The molecule has 1 aliphatic carbocycles. The summed E-state index contributed by atoms with van der Waals surface area (Å²) < 4.78 is 0. The third-order valence-electron chi connectivity index (χ3n) is 4.50. The SMILES string of the molecule is CCC(C)c1nc(N(C)C2CCC2)sc1CNC(C)(C)C. The van der Waals surface area contributed by atoms with Crippen LogP contribution in [0.5, 0.6) is 0 Å². The number of rotatable bonds is 6. The number of anilines is 1. The van der Waals surface area contributed by atoms with Gasteiger partial charge in [-0.3, -0.25) is 0 Å². The Kier molecular flexibility index (Phi) is 5.31. The van der Waals surface area contributed by atoms with E-state index in [4.69, 9.17) is 4.98 Å². The van der Waals surface area contributed by atoms with Crippen LogP contribution in [0.3, 0.4) is 0 Å². The molecule has 1 atom stereocenters. The minimum atomic E-state index is 0.150. The van der Waals surface area contributed by atoms with Crippen molar-refractivity contribution in [1.82, 2.24) is 10.3 Å². The molecule has 1 aliphatic rings. The second-order valence-corrected chi connectivity index (χ2v) is 8.48. The van der Waals surface area contributed by atoms with Crippen molar-refractivity contribution in [2.75, 3.05) is 11.9 Å². The molecule has 1 heterocycles. The van der Waals surface area contributed by atoms with Gasteiger partial charge in [-0.2, -0.15) is 0 Å². The number of nitrogens with one attached hydrogen (secondary N) is 1. The normalized spacial score (nSPS) is 17.6. The molecule has 1 aromatic rings. The number of hydrogen-bond acceptors (Lipinski definition) is 4. The van der Waals surface area contributed by atoms with Gasteiger partial charge < -0.3 is 10.2 Å². The zero-order valence-corrected chi connectivity index (χ0v) is 15.3. The molecule has 2 rings (SSSR count). The van der Waals surface area contributed by atoms with E-state index in [2.05, 4.69) is 51.9 Å². The third kappa shape index (κ3) is 4.19. The van der Waals surface area contributed by atoms with Gasteiger partial charge in [-0.15, -0.1) is 11.3 Å². The van der Waals surface area contributed by atoms with Crippen molar-refractivity contribution in [3.8, 4) is 0 Å². The van der Waals surface area contributed by atoms with E-state index in [9.17, 15) is 0 Å². The summed E-state index contributed by atoms with van der Waals surface area (Å²) in [5.74, 6) is 0.543. The molecule has 1 unspecified atom stereocenters. The zero-order valence-electron chi connectivity index (χ0n) is 14.5. The Morgan fingerprint density at radius 1 is 1.38 bits per heavy atom. The summed E-state index contributed by atoms with van der Waals surface area (Å²) in [7, 11) is 2.21. The zero-order chi connectivity index (χ0) is 15.6. The Morgan fingerprint density at radius 2 is 2.05 bits per heavy atom. The third-order valence-corrected chi connectivity index (χ3v) is 5.66. The van der Waals surface area contributed by atoms with Crippen LogP contribution in [-0.4, -0.2) is 23.6 Å². The van der Waals surface area contributed by atoms with Crippen molar-refractivity contribution < 1.29 is 0 Å². The van der Waals surface area contributed by atoms with Gasteiger partial charge in [0.15, 0.2) is 5.13 Å². The van der Waals surface area contributed by atoms with Crippen LogP contribution in [0, 0.1) is 0 Å². The molecule has 21 heavy (non-hydrogen) atoms. The van der Waals surface area contributed by atoms with Gasteiger partial charge in [-0.05, 0) is 52.4 Å². The summed E-state index contributed by atoms with van der Waals surface area (Å²) in [6, 6.07) is 0.712. The Hall–Kier alpha value is -0.610. The van der Waals surface area contributed by atoms with Crippen molar-refractivity contribution in [1.29, 1.82) is 0 Å². The van der Waals surface area contributed by atoms with Gasteiger partial charge in [0.05, 0.1) is 5.69 Å². The number of nitrogens with zero attached hydrogens (tertiary/aromatic N) is 2. The van der Waals surface area contributed by atoms with Crippen LogP contribution >= 0.6 is 11.3 Å². The molecular weight excluding hydrogens is 278 g/mol. The largest absolute Gasteiger partial charge is 0.348 e. The summed E-state index contributed by atoms with van der Waals surface area (Å²) in [6.07, 6.45) is 5.17. The van der Waals surface area contributed by atoms with Gasteiger partial charge >= 0.3 is 0 Å². The molecule has 0 amide bonds. The summed E-state index contributed by atoms with van der Waals surface area (Å²) in [4.78, 5) is 8.81. The van der Waals surface area contributed by atoms with Gasteiger partial charge in [-0.25, -0.2) is 4.98 Å². The van der Waals surface area contributed by atoms with Gasteiger partial charge in [0.25, 0.3) is 0 Å². The van der Waals surface area contributed by atoms with Crippen LogP contribution in [0.25, 0.3) is 0 Å². The summed E-state index contributed by atoms with van der Waals surface area (Å²) in [5.41, 5.74) is 1.46. The van der Waals surface area contributed by atoms with Crippen LogP contribution in [0.1, 0.15) is 76.8 Å². The lowest BCUT2D eigenvalue weighted by Gasteiger charge is -2.34. The van der Waals surface area contributed by atoms with Gasteiger partial charge in [0.2, 0.25) is 0 Å². The van der Waals surface area contributed by atoms with E-state index >= 15 is 0 Å².